The zero-order valence-corrected chi connectivity index (χ0v) is 27.8. The summed E-state index contributed by atoms with van der Waals surface area (Å²) >= 11 is 7.99. The van der Waals surface area contributed by atoms with Crippen LogP contribution in [0.25, 0.3) is 6.08 Å². The minimum Gasteiger partial charge on any atom is -0.354 e. The van der Waals surface area contributed by atoms with E-state index < -0.39 is 0 Å². The molecule has 0 aliphatic carbocycles. The summed E-state index contributed by atoms with van der Waals surface area (Å²) in [6, 6.07) is 40.2. The van der Waals surface area contributed by atoms with Crippen LogP contribution in [0.3, 0.4) is 0 Å². The van der Waals surface area contributed by atoms with Crippen molar-refractivity contribution in [1.82, 2.24) is 20.2 Å². The predicted molar refractivity (Wildman–Crippen MR) is 194 cm³/mol. The molecule has 1 N–H and O–H groups in total. The molecule has 47 heavy (non-hydrogen) atoms. The van der Waals surface area contributed by atoms with Crippen LogP contribution >= 0.6 is 23.4 Å². The van der Waals surface area contributed by atoms with Gasteiger partial charge < -0.3 is 10.2 Å². The number of aromatic nitrogens is 2. The lowest BCUT2D eigenvalue weighted by molar-refractivity contribution is 0.0936. The maximum absolute atomic E-state index is 13.5. The van der Waals surface area contributed by atoms with Crippen molar-refractivity contribution >= 4 is 41.2 Å². The number of halogens is 1. The average molecular weight is 660 g/mol. The van der Waals surface area contributed by atoms with E-state index >= 15 is 0 Å². The van der Waals surface area contributed by atoms with E-state index in [9.17, 15) is 4.79 Å². The number of thioether (sulfide) groups is 1. The summed E-state index contributed by atoms with van der Waals surface area (Å²) in [7, 11) is 0. The smallest absolute Gasteiger partial charge is 0.251 e. The van der Waals surface area contributed by atoms with E-state index in [2.05, 4.69) is 80.8 Å². The van der Waals surface area contributed by atoms with Crippen LogP contribution in [0.1, 0.15) is 38.7 Å². The second-order valence-corrected chi connectivity index (χ2v) is 12.9. The Balaban J connectivity index is 1.05. The number of hydrogen-bond acceptors (Lipinski definition) is 6. The molecule has 0 bridgehead atoms. The highest BCUT2D eigenvalue weighted by Crippen LogP contribution is 2.26. The van der Waals surface area contributed by atoms with Crippen LogP contribution in [0.4, 0.5) is 5.82 Å². The van der Waals surface area contributed by atoms with Crippen LogP contribution in [0.15, 0.2) is 133 Å². The largest absolute Gasteiger partial charge is 0.354 e. The molecule has 1 aliphatic rings. The lowest BCUT2D eigenvalue weighted by Crippen LogP contribution is -2.46. The van der Waals surface area contributed by atoms with Gasteiger partial charge in [0.2, 0.25) is 0 Å². The first-order chi connectivity index (χ1) is 23.1. The summed E-state index contributed by atoms with van der Waals surface area (Å²) in [5.41, 5.74) is 5.11. The van der Waals surface area contributed by atoms with E-state index in [1.807, 2.05) is 72.8 Å². The number of amides is 1. The Kier molecular flexibility index (Phi) is 11.4. The molecule has 2 heterocycles. The molecule has 238 valence electrons. The van der Waals surface area contributed by atoms with Crippen molar-refractivity contribution in [2.45, 2.75) is 23.4 Å². The van der Waals surface area contributed by atoms with Crippen molar-refractivity contribution in [1.29, 1.82) is 0 Å². The van der Waals surface area contributed by atoms with E-state index in [1.54, 1.807) is 0 Å². The summed E-state index contributed by atoms with van der Waals surface area (Å²) in [4.78, 5) is 27.5. The monoisotopic (exact) mass is 659 g/mol. The van der Waals surface area contributed by atoms with Crippen LogP contribution in [0, 0.1) is 0 Å². The first-order valence-corrected chi connectivity index (χ1v) is 17.3. The summed E-state index contributed by atoms with van der Waals surface area (Å²) in [5, 5.41) is 4.33. The van der Waals surface area contributed by atoms with Gasteiger partial charge in [-0.05, 0) is 40.8 Å². The molecule has 4 aromatic carbocycles. The molecular formula is C39H38ClN5OS. The van der Waals surface area contributed by atoms with Crippen LogP contribution < -0.4 is 10.2 Å². The van der Waals surface area contributed by atoms with Gasteiger partial charge in [0.25, 0.3) is 5.91 Å². The number of hydrogen-bond donors (Lipinski definition) is 1. The standard InChI is InChI=1S/C39H38ClN5OS/c40-36-28-37(45-24-22-44(23-25-45)21-11-17-30-12-4-1-5-13-30)43-39(42-36)47-29-32-16-10-20-34(26-32)38(46)41-35(33-18-8-3-9-19-33)27-31-14-6-2-7-15-31/h1-20,26,28,35H,21-25,27,29H2,(H,41,46). The fourth-order valence-electron chi connectivity index (χ4n) is 5.65. The zero-order valence-electron chi connectivity index (χ0n) is 26.2. The topological polar surface area (TPSA) is 61.4 Å². The van der Waals surface area contributed by atoms with Gasteiger partial charge in [0.1, 0.15) is 11.0 Å². The second-order valence-electron chi connectivity index (χ2n) is 11.5. The van der Waals surface area contributed by atoms with Crippen LogP contribution in [0.2, 0.25) is 5.15 Å². The van der Waals surface area contributed by atoms with Crippen LogP contribution in [-0.2, 0) is 12.2 Å². The number of anilines is 1. The molecule has 1 atom stereocenters. The van der Waals surface area contributed by atoms with Crippen molar-refractivity contribution < 1.29 is 4.79 Å². The molecule has 1 aromatic heterocycles. The number of carbonyl (C=O) groups excluding carboxylic acids is 1. The van der Waals surface area contributed by atoms with Crippen molar-refractivity contribution in [3.63, 3.8) is 0 Å². The number of nitrogens with one attached hydrogen (secondary N) is 1. The van der Waals surface area contributed by atoms with Gasteiger partial charge in [0.05, 0.1) is 6.04 Å². The summed E-state index contributed by atoms with van der Waals surface area (Å²) in [6.45, 7) is 4.58. The average Bonchev–Trinajstić information content (AvgIpc) is 3.12. The number of benzene rings is 4. The molecule has 1 saturated heterocycles. The SMILES string of the molecule is O=C(NC(Cc1ccccc1)c1ccccc1)c1cccc(CSc2nc(Cl)cc(N3CCN(CC=Cc4ccccc4)CC3)n2)c1. The van der Waals surface area contributed by atoms with E-state index in [1.165, 1.54) is 22.9 Å². The maximum atomic E-state index is 13.5. The van der Waals surface area contributed by atoms with Gasteiger partial charge in [-0.1, -0.05) is 139 Å². The Labute approximate surface area is 286 Å². The molecule has 1 amide bonds. The molecule has 0 radical (unpaired) electrons. The lowest BCUT2D eigenvalue weighted by atomic mass is 9.98. The quantitative estimate of drug-likeness (QED) is 0.0833. The molecule has 5 aromatic rings. The van der Waals surface area contributed by atoms with Crippen LogP contribution in [-0.4, -0.2) is 53.5 Å². The van der Waals surface area contributed by atoms with E-state index in [-0.39, 0.29) is 11.9 Å². The van der Waals surface area contributed by atoms with Crippen molar-refractivity contribution in [3.05, 3.63) is 160 Å². The highest BCUT2D eigenvalue weighted by molar-refractivity contribution is 7.98. The van der Waals surface area contributed by atoms with Crippen LogP contribution in [0.5, 0.6) is 0 Å². The fourth-order valence-corrected chi connectivity index (χ4v) is 6.68. The van der Waals surface area contributed by atoms with Gasteiger partial charge in [-0.3, -0.25) is 9.69 Å². The summed E-state index contributed by atoms with van der Waals surface area (Å²) < 4.78 is 0. The van der Waals surface area contributed by atoms with Crippen molar-refractivity contribution in [2.24, 2.45) is 0 Å². The minimum absolute atomic E-state index is 0.0994. The van der Waals surface area contributed by atoms with Gasteiger partial charge in [0, 0.05) is 50.1 Å². The molecule has 1 fully saturated rings. The van der Waals surface area contributed by atoms with Gasteiger partial charge in [-0.2, -0.15) is 0 Å². The Morgan fingerprint density at radius 1 is 0.809 bits per heavy atom. The van der Waals surface area contributed by atoms with E-state index in [4.69, 9.17) is 16.6 Å². The number of carbonyl (C=O) groups is 1. The Morgan fingerprint density at radius 2 is 1.49 bits per heavy atom. The minimum atomic E-state index is -0.143. The summed E-state index contributed by atoms with van der Waals surface area (Å²) in [6.07, 6.45) is 5.11. The first-order valence-electron chi connectivity index (χ1n) is 15.9. The maximum Gasteiger partial charge on any atom is 0.251 e. The molecule has 0 spiro atoms. The van der Waals surface area contributed by atoms with E-state index in [0.717, 1.165) is 49.7 Å². The molecule has 8 heteroatoms. The predicted octanol–water partition coefficient (Wildman–Crippen LogP) is 7.97. The third-order valence-corrected chi connectivity index (χ3v) is 9.29. The Morgan fingerprint density at radius 3 is 2.23 bits per heavy atom. The highest BCUT2D eigenvalue weighted by atomic mass is 35.5. The zero-order chi connectivity index (χ0) is 32.3. The highest BCUT2D eigenvalue weighted by Gasteiger charge is 2.20. The van der Waals surface area contributed by atoms with Gasteiger partial charge in [0.15, 0.2) is 5.16 Å². The molecule has 1 unspecified atom stereocenters. The summed E-state index contributed by atoms with van der Waals surface area (Å²) in [5.74, 6) is 1.37. The molecule has 6 rings (SSSR count). The van der Waals surface area contributed by atoms with Crippen molar-refractivity contribution in [2.75, 3.05) is 37.6 Å². The molecular weight excluding hydrogens is 622 g/mol. The fraction of sp³-hybridized carbons (Fsp3) is 0.205. The van der Waals surface area contributed by atoms with Gasteiger partial charge in [-0.15, -0.1) is 0 Å². The number of rotatable bonds is 12. The molecule has 0 saturated carbocycles. The second kappa shape index (κ2) is 16.4. The van der Waals surface area contributed by atoms with Gasteiger partial charge >= 0.3 is 0 Å². The number of nitrogens with zero attached hydrogens (tertiary/aromatic N) is 4. The van der Waals surface area contributed by atoms with Crippen molar-refractivity contribution in [3.8, 4) is 0 Å². The normalized spacial score (nSPS) is 14.3. The number of piperazine rings is 1. The Bertz CT molecular complexity index is 1760. The Hall–Kier alpha value is -4.43. The molecule has 1 aliphatic heterocycles. The third-order valence-electron chi connectivity index (χ3n) is 8.18. The van der Waals surface area contributed by atoms with E-state index in [0.29, 0.717) is 28.0 Å². The first kappa shape index (κ1) is 32.5. The lowest BCUT2D eigenvalue weighted by Gasteiger charge is -2.35. The molecule has 6 nitrogen and oxygen atoms in total. The van der Waals surface area contributed by atoms with Gasteiger partial charge in [-0.25, -0.2) is 9.97 Å². The third kappa shape index (κ3) is 9.55.